The van der Waals surface area contributed by atoms with Gasteiger partial charge >= 0.3 is 0 Å². The first kappa shape index (κ1) is 11.1. The van der Waals surface area contributed by atoms with Crippen LogP contribution in [0.3, 0.4) is 0 Å². The van der Waals surface area contributed by atoms with Gasteiger partial charge in [-0.1, -0.05) is 0 Å². The Bertz CT molecular complexity index is 428. The average Bonchev–Trinajstić information content (AvgIpc) is 2.16. The molecule has 0 saturated carbocycles. The molecule has 0 aromatic heterocycles. The molecule has 0 radical (unpaired) electrons. The summed E-state index contributed by atoms with van der Waals surface area (Å²) in [5.74, 6) is -0.786. The lowest BCUT2D eigenvalue weighted by Gasteiger charge is -2.07. The van der Waals surface area contributed by atoms with Gasteiger partial charge in [0.25, 0.3) is 5.69 Å². The molecule has 1 aromatic carbocycles. The van der Waals surface area contributed by atoms with Gasteiger partial charge in [0.05, 0.1) is 17.1 Å². The summed E-state index contributed by atoms with van der Waals surface area (Å²) in [5.41, 5.74) is 5.64. The van der Waals surface area contributed by atoms with Crippen molar-refractivity contribution in [1.82, 2.24) is 0 Å². The zero-order valence-corrected chi connectivity index (χ0v) is 8.06. The Morgan fingerprint density at radius 3 is 2.60 bits per heavy atom. The van der Waals surface area contributed by atoms with Crippen LogP contribution in [0.4, 0.5) is 5.69 Å². The van der Waals surface area contributed by atoms with Gasteiger partial charge < -0.3 is 10.8 Å². The topological polar surface area (TPSA) is 106 Å². The predicted molar refractivity (Wildman–Crippen MR) is 52.3 cm³/mol. The average molecular weight is 210 g/mol. The third-order valence-corrected chi connectivity index (χ3v) is 2.09. The molecule has 3 N–H and O–H groups in total. The number of hydrogen-bond donors (Lipinski definition) is 2. The number of amides is 1. The number of nitro benzene ring substituents is 1. The maximum absolute atomic E-state index is 11.0. The summed E-state index contributed by atoms with van der Waals surface area (Å²) in [7, 11) is 0. The van der Waals surface area contributed by atoms with Crippen LogP contribution in [-0.4, -0.2) is 15.9 Å². The molecule has 0 unspecified atom stereocenters. The molecule has 0 saturated heterocycles. The van der Waals surface area contributed by atoms with Gasteiger partial charge in [0, 0.05) is 12.1 Å². The molecule has 0 aliphatic rings. The van der Waals surface area contributed by atoms with E-state index in [0.717, 1.165) is 6.07 Å². The Labute approximate surface area is 85.5 Å². The molecule has 1 rings (SSSR count). The number of nitrogens with zero attached hydrogens (tertiary/aromatic N) is 1. The molecule has 1 aromatic rings. The van der Waals surface area contributed by atoms with Gasteiger partial charge in [-0.05, 0) is 18.1 Å². The quantitative estimate of drug-likeness (QED) is 0.559. The van der Waals surface area contributed by atoms with Crippen LogP contribution < -0.4 is 5.73 Å². The number of nitrogens with two attached hydrogens (primary N) is 1. The molecule has 0 atom stereocenters. The van der Waals surface area contributed by atoms with Crippen LogP contribution in [0.15, 0.2) is 12.1 Å². The fourth-order valence-corrected chi connectivity index (χ4v) is 1.33. The number of hydrogen-bond acceptors (Lipinski definition) is 4. The van der Waals surface area contributed by atoms with Crippen molar-refractivity contribution in [2.24, 2.45) is 5.73 Å². The second-order valence-corrected chi connectivity index (χ2v) is 3.07. The van der Waals surface area contributed by atoms with Crippen LogP contribution >= 0.6 is 0 Å². The Kier molecular flexibility index (Phi) is 3.01. The highest BCUT2D eigenvalue weighted by molar-refractivity contribution is 5.95. The summed E-state index contributed by atoms with van der Waals surface area (Å²) in [5, 5.41) is 19.5. The van der Waals surface area contributed by atoms with E-state index in [4.69, 9.17) is 10.8 Å². The summed E-state index contributed by atoms with van der Waals surface area (Å²) >= 11 is 0. The number of non-ortho nitro benzene ring substituents is 1. The van der Waals surface area contributed by atoms with E-state index in [-0.39, 0.29) is 17.9 Å². The minimum absolute atomic E-state index is 0.01000. The number of aryl methyl sites for hydroxylation is 1. The van der Waals surface area contributed by atoms with Crippen molar-refractivity contribution in [1.29, 1.82) is 0 Å². The number of aliphatic hydroxyl groups is 1. The minimum Gasteiger partial charge on any atom is -0.392 e. The van der Waals surface area contributed by atoms with Gasteiger partial charge in [-0.3, -0.25) is 14.9 Å². The number of benzene rings is 1. The van der Waals surface area contributed by atoms with Crippen LogP contribution in [0.25, 0.3) is 0 Å². The third-order valence-electron chi connectivity index (χ3n) is 2.09. The lowest BCUT2D eigenvalue weighted by atomic mass is 10.0. The Morgan fingerprint density at radius 1 is 1.60 bits per heavy atom. The van der Waals surface area contributed by atoms with E-state index in [2.05, 4.69) is 0 Å². The molecule has 6 nitrogen and oxygen atoms in total. The second-order valence-electron chi connectivity index (χ2n) is 3.07. The number of rotatable bonds is 3. The molecule has 80 valence electrons. The fraction of sp³-hybridized carbons (Fsp3) is 0.222. The largest absolute Gasteiger partial charge is 0.392 e. The highest BCUT2D eigenvalue weighted by Crippen LogP contribution is 2.21. The Hall–Kier alpha value is -1.95. The first-order chi connectivity index (χ1) is 6.97. The number of primary amides is 1. The molecular weight excluding hydrogens is 200 g/mol. The van der Waals surface area contributed by atoms with Gasteiger partial charge in [-0.25, -0.2) is 0 Å². The molecule has 0 heterocycles. The van der Waals surface area contributed by atoms with E-state index < -0.39 is 10.8 Å². The summed E-state index contributed by atoms with van der Waals surface area (Å²) in [6.07, 6.45) is 0. The fourth-order valence-electron chi connectivity index (χ4n) is 1.33. The molecule has 0 spiro atoms. The first-order valence-corrected chi connectivity index (χ1v) is 4.16. The second kappa shape index (κ2) is 4.05. The van der Waals surface area contributed by atoms with Crippen molar-refractivity contribution in [3.63, 3.8) is 0 Å². The zero-order valence-electron chi connectivity index (χ0n) is 8.06. The summed E-state index contributed by atoms with van der Waals surface area (Å²) in [6, 6.07) is 2.36. The smallest absolute Gasteiger partial charge is 0.270 e. The van der Waals surface area contributed by atoms with Crippen LogP contribution in [-0.2, 0) is 6.61 Å². The number of carbonyl (C=O) groups is 1. The van der Waals surface area contributed by atoms with Crippen LogP contribution in [0.1, 0.15) is 21.5 Å². The predicted octanol–water partition coefficient (Wildman–Crippen LogP) is 0.494. The normalized spacial score (nSPS) is 10.0. The molecule has 6 heteroatoms. The molecule has 0 fully saturated rings. The SMILES string of the molecule is Cc1cc([N+](=O)[O-])cc(C(N)=O)c1CO. The van der Waals surface area contributed by atoms with Gasteiger partial charge in [0.2, 0.25) is 5.91 Å². The number of carbonyl (C=O) groups excluding carboxylic acids is 1. The molecule has 1 amide bonds. The monoisotopic (exact) mass is 210 g/mol. The van der Waals surface area contributed by atoms with Crippen LogP contribution in [0.5, 0.6) is 0 Å². The molecular formula is C9H10N2O4. The molecule has 0 aliphatic heterocycles. The summed E-state index contributed by atoms with van der Waals surface area (Å²) < 4.78 is 0. The van der Waals surface area contributed by atoms with Crippen molar-refractivity contribution in [2.75, 3.05) is 0 Å². The maximum atomic E-state index is 11.0. The highest BCUT2D eigenvalue weighted by Gasteiger charge is 2.16. The Morgan fingerprint density at radius 2 is 2.20 bits per heavy atom. The van der Waals surface area contributed by atoms with E-state index >= 15 is 0 Å². The van der Waals surface area contributed by atoms with Crippen molar-refractivity contribution < 1.29 is 14.8 Å². The first-order valence-electron chi connectivity index (χ1n) is 4.16. The highest BCUT2D eigenvalue weighted by atomic mass is 16.6. The van der Waals surface area contributed by atoms with Gasteiger partial charge in [-0.2, -0.15) is 0 Å². The summed E-state index contributed by atoms with van der Waals surface area (Å²) in [6.45, 7) is 1.20. The van der Waals surface area contributed by atoms with E-state index in [1.807, 2.05) is 0 Å². The number of nitro groups is 1. The van der Waals surface area contributed by atoms with Gasteiger partial charge in [0.15, 0.2) is 0 Å². The van der Waals surface area contributed by atoms with Gasteiger partial charge in [-0.15, -0.1) is 0 Å². The minimum atomic E-state index is -0.786. The van der Waals surface area contributed by atoms with Crippen molar-refractivity contribution in [2.45, 2.75) is 13.5 Å². The standard InChI is InChI=1S/C9H10N2O4/c1-5-2-6(11(14)15)3-7(9(10)13)8(5)4-12/h2-3,12H,4H2,1H3,(H2,10,13). The molecule has 15 heavy (non-hydrogen) atoms. The Balaban J connectivity index is 3.45. The van der Waals surface area contributed by atoms with Gasteiger partial charge in [0.1, 0.15) is 0 Å². The molecule has 0 bridgehead atoms. The lowest BCUT2D eigenvalue weighted by Crippen LogP contribution is -2.15. The van der Waals surface area contributed by atoms with Crippen molar-refractivity contribution >= 4 is 11.6 Å². The summed E-state index contributed by atoms with van der Waals surface area (Å²) in [4.78, 5) is 20.9. The van der Waals surface area contributed by atoms with Crippen molar-refractivity contribution in [3.8, 4) is 0 Å². The van der Waals surface area contributed by atoms with Crippen LogP contribution in [0, 0.1) is 17.0 Å². The van der Waals surface area contributed by atoms with E-state index in [9.17, 15) is 14.9 Å². The molecule has 0 aliphatic carbocycles. The van der Waals surface area contributed by atoms with E-state index in [0.29, 0.717) is 11.1 Å². The lowest BCUT2D eigenvalue weighted by molar-refractivity contribution is -0.384. The third kappa shape index (κ3) is 2.10. The van der Waals surface area contributed by atoms with E-state index in [1.165, 1.54) is 6.07 Å². The van der Waals surface area contributed by atoms with E-state index in [1.54, 1.807) is 6.92 Å². The number of aliphatic hydroxyl groups excluding tert-OH is 1. The van der Waals surface area contributed by atoms with Crippen LogP contribution in [0.2, 0.25) is 0 Å². The maximum Gasteiger partial charge on any atom is 0.270 e. The zero-order chi connectivity index (χ0) is 11.6. The van der Waals surface area contributed by atoms with Crippen molar-refractivity contribution in [3.05, 3.63) is 38.9 Å².